The van der Waals surface area contributed by atoms with E-state index in [0.29, 0.717) is 4.88 Å². The molecule has 0 radical (unpaired) electrons. The van der Waals surface area contributed by atoms with Crippen LogP contribution in [0.15, 0.2) is 89.8 Å². The van der Waals surface area contributed by atoms with Gasteiger partial charge in [0.1, 0.15) is 6.04 Å². The van der Waals surface area contributed by atoms with Crippen LogP contribution in [0.5, 0.6) is 0 Å². The molecule has 5 rings (SSSR count). The molecule has 7 heteroatoms. The van der Waals surface area contributed by atoms with Crippen molar-refractivity contribution in [2.24, 2.45) is 0 Å². The smallest absolute Gasteiger partial charge is 0.322 e. The maximum Gasteiger partial charge on any atom is 0.322 e. The number of thiophene rings is 1. The predicted octanol–water partition coefficient (Wildman–Crippen LogP) is 6.62. The van der Waals surface area contributed by atoms with Crippen molar-refractivity contribution in [1.82, 2.24) is 4.31 Å². The van der Waals surface area contributed by atoms with E-state index < -0.39 is 22.0 Å². The fourth-order valence-electron chi connectivity index (χ4n) is 4.38. The second-order valence-electron chi connectivity index (χ2n) is 8.65. The fraction of sp³-hybridized carbons (Fsp3) is 0.138. The lowest BCUT2D eigenvalue weighted by Crippen LogP contribution is -2.40. The summed E-state index contributed by atoms with van der Waals surface area (Å²) in [4.78, 5) is 13.3. The molecule has 1 aromatic heterocycles. The van der Waals surface area contributed by atoms with E-state index in [0.717, 1.165) is 25.9 Å². The van der Waals surface area contributed by atoms with Crippen molar-refractivity contribution >= 4 is 39.5 Å². The predicted molar refractivity (Wildman–Crippen MR) is 145 cm³/mol. The lowest BCUT2D eigenvalue weighted by molar-refractivity contribution is -0.141. The number of carboxylic acids is 1. The van der Waals surface area contributed by atoms with E-state index in [1.165, 1.54) is 22.5 Å². The molecule has 1 aliphatic heterocycles. The first kappa shape index (κ1) is 24.2. The van der Waals surface area contributed by atoms with E-state index in [-0.39, 0.29) is 17.9 Å². The third-order valence-corrected chi connectivity index (χ3v) is 9.58. The standard InChI is InChI=1S/C29H25NO4S2/c1-2-25(29(31)32)30-19-27-28(36(30,33)34)18-26(35-27)24-16-12-21(13-17-24)9-8-20-10-14-23(15-11-20)22-6-4-3-5-7-22/h3-18,25H,2,19H2,1H3,(H,31,32)/b9-8+. The van der Waals surface area contributed by atoms with Crippen molar-refractivity contribution in [3.8, 4) is 21.6 Å². The summed E-state index contributed by atoms with van der Waals surface area (Å²) >= 11 is 1.40. The quantitative estimate of drug-likeness (QED) is 0.281. The highest BCUT2D eigenvalue weighted by molar-refractivity contribution is 7.89. The summed E-state index contributed by atoms with van der Waals surface area (Å²) in [6.07, 6.45) is 4.34. The Labute approximate surface area is 215 Å². The van der Waals surface area contributed by atoms with Crippen LogP contribution in [0.25, 0.3) is 33.7 Å². The van der Waals surface area contributed by atoms with Gasteiger partial charge in [-0.2, -0.15) is 4.31 Å². The number of benzene rings is 3. The minimum Gasteiger partial charge on any atom is -0.480 e. The van der Waals surface area contributed by atoms with Gasteiger partial charge in [-0.1, -0.05) is 97.9 Å². The zero-order valence-electron chi connectivity index (χ0n) is 19.7. The van der Waals surface area contributed by atoms with Gasteiger partial charge in [0.05, 0.1) is 11.4 Å². The maximum atomic E-state index is 13.0. The zero-order chi connectivity index (χ0) is 25.3. The minimum atomic E-state index is -3.81. The molecule has 1 atom stereocenters. The van der Waals surface area contributed by atoms with Crippen molar-refractivity contribution in [3.63, 3.8) is 0 Å². The zero-order valence-corrected chi connectivity index (χ0v) is 21.3. The third-order valence-electron chi connectivity index (χ3n) is 6.36. The van der Waals surface area contributed by atoms with E-state index >= 15 is 0 Å². The van der Waals surface area contributed by atoms with Crippen molar-refractivity contribution in [3.05, 3.63) is 101 Å². The van der Waals surface area contributed by atoms with Gasteiger partial charge in [-0.25, -0.2) is 8.42 Å². The second kappa shape index (κ2) is 9.85. The van der Waals surface area contributed by atoms with Crippen LogP contribution in [0, 0.1) is 0 Å². The van der Waals surface area contributed by atoms with E-state index in [1.807, 2.05) is 42.5 Å². The van der Waals surface area contributed by atoms with Gasteiger partial charge in [-0.3, -0.25) is 4.79 Å². The average molecular weight is 516 g/mol. The van der Waals surface area contributed by atoms with Crippen molar-refractivity contribution in [2.45, 2.75) is 30.8 Å². The highest BCUT2D eigenvalue weighted by atomic mass is 32.2. The summed E-state index contributed by atoms with van der Waals surface area (Å²) in [6.45, 7) is 1.79. The van der Waals surface area contributed by atoms with Gasteiger partial charge >= 0.3 is 5.97 Å². The number of hydrogen-bond donors (Lipinski definition) is 1. The van der Waals surface area contributed by atoms with Crippen LogP contribution in [-0.2, 0) is 21.4 Å². The number of sulfonamides is 1. The SMILES string of the molecule is CCC(C(=O)O)N1Cc2sc(-c3ccc(/C=C/c4ccc(-c5ccccc5)cc4)cc3)cc2S1(=O)=O. The van der Waals surface area contributed by atoms with E-state index in [4.69, 9.17) is 0 Å². The average Bonchev–Trinajstić information content (AvgIpc) is 3.42. The molecule has 0 amide bonds. The highest BCUT2D eigenvalue weighted by Gasteiger charge is 2.43. The molecule has 4 aromatic rings. The van der Waals surface area contributed by atoms with Crippen molar-refractivity contribution < 1.29 is 18.3 Å². The first-order chi connectivity index (χ1) is 17.4. The molecule has 0 bridgehead atoms. The molecule has 1 aliphatic rings. The highest BCUT2D eigenvalue weighted by Crippen LogP contribution is 2.42. The van der Waals surface area contributed by atoms with Gasteiger partial charge in [-0.15, -0.1) is 11.3 Å². The first-order valence-electron chi connectivity index (χ1n) is 11.7. The molecule has 1 unspecified atom stereocenters. The monoisotopic (exact) mass is 515 g/mol. The van der Waals surface area contributed by atoms with Gasteiger partial charge in [0, 0.05) is 9.75 Å². The molecule has 36 heavy (non-hydrogen) atoms. The van der Waals surface area contributed by atoms with Crippen LogP contribution in [0.2, 0.25) is 0 Å². The first-order valence-corrected chi connectivity index (χ1v) is 13.9. The molecule has 1 N–H and O–H groups in total. The van der Waals surface area contributed by atoms with Gasteiger partial charge < -0.3 is 5.11 Å². The molecule has 2 heterocycles. The number of rotatable bonds is 7. The van der Waals surface area contributed by atoms with Gasteiger partial charge in [0.15, 0.2) is 0 Å². The molecule has 0 spiro atoms. The van der Waals surface area contributed by atoms with Crippen LogP contribution >= 0.6 is 11.3 Å². The number of carboxylic acid groups (broad SMARTS) is 1. The summed E-state index contributed by atoms with van der Waals surface area (Å²) in [5.74, 6) is -1.12. The van der Waals surface area contributed by atoms with Gasteiger partial charge in [0.2, 0.25) is 10.0 Å². The lowest BCUT2D eigenvalue weighted by Gasteiger charge is -2.21. The topological polar surface area (TPSA) is 74.7 Å². The number of hydrogen-bond acceptors (Lipinski definition) is 4. The van der Waals surface area contributed by atoms with E-state index in [2.05, 4.69) is 48.6 Å². The van der Waals surface area contributed by atoms with E-state index in [1.54, 1.807) is 13.0 Å². The molecular weight excluding hydrogens is 490 g/mol. The summed E-state index contributed by atoms with van der Waals surface area (Å²) in [5.41, 5.74) is 5.45. The summed E-state index contributed by atoms with van der Waals surface area (Å²) < 4.78 is 27.0. The van der Waals surface area contributed by atoms with Crippen molar-refractivity contribution in [2.75, 3.05) is 0 Å². The molecule has 0 saturated heterocycles. The van der Waals surface area contributed by atoms with Crippen LogP contribution in [0.4, 0.5) is 0 Å². The Kier molecular flexibility index (Phi) is 6.62. The van der Waals surface area contributed by atoms with Crippen LogP contribution < -0.4 is 0 Å². The molecular formula is C29H25NO4S2. The number of carbonyl (C=O) groups is 1. The Morgan fingerprint density at radius 1 is 0.917 bits per heavy atom. The maximum absolute atomic E-state index is 13.0. The number of nitrogens with zero attached hydrogens (tertiary/aromatic N) is 1. The Morgan fingerprint density at radius 2 is 1.47 bits per heavy atom. The van der Waals surface area contributed by atoms with E-state index in [9.17, 15) is 18.3 Å². The van der Waals surface area contributed by atoms with Crippen LogP contribution in [-0.4, -0.2) is 29.8 Å². The molecule has 0 saturated carbocycles. The largest absolute Gasteiger partial charge is 0.480 e. The Balaban J connectivity index is 1.30. The molecule has 0 aliphatic carbocycles. The molecule has 3 aromatic carbocycles. The number of aliphatic carboxylic acids is 1. The van der Waals surface area contributed by atoms with Gasteiger partial charge in [-0.05, 0) is 40.3 Å². The fourth-order valence-corrected chi connectivity index (χ4v) is 7.78. The Morgan fingerprint density at radius 3 is 2.00 bits per heavy atom. The Bertz CT molecular complexity index is 1520. The molecule has 182 valence electrons. The summed E-state index contributed by atoms with van der Waals surface area (Å²) in [6, 6.07) is 27.3. The second-order valence-corrected chi connectivity index (χ2v) is 11.6. The number of fused-ring (bicyclic) bond motifs is 1. The molecule has 0 fully saturated rings. The van der Waals surface area contributed by atoms with Crippen molar-refractivity contribution in [1.29, 1.82) is 0 Å². The summed E-state index contributed by atoms with van der Waals surface area (Å²) in [7, 11) is -3.81. The minimum absolute atomic E-state index is 0.108. The van der Waals surface area contributed by atoms with Crippen LogP contribution in [0.3, 0.4) is 0 Å². The Hall–Kier alpha value is -3.52. The normalized spacial score (nSPS) is 15.7. The van der Waals surface area contributed by atoms with Crippen LogP contribution in [0.1, 0.15) is 29.3 Å². The molecule has 5 nitrogen and oxygen atoms in total. The summed E-state index contributed by atoms with van der Waals surface area (Å²) in [5, 5.41) is 9.41. The lowest BCUT2D eigenvalue weighted by atomic mass is 10.0. The third kappa shape index (κ3) is 4.65. The van der Waals surface area contributed by atoms with Gasteiger partial charge in [0.25, 0.3) is 0 Å².